The monoisotopic (exact) mass is 402 g/mol. The highest BCUT2D eigenvalue weighted by Gasteiger charge is 2.31. The first kappa shape index (κ1) is 19.2. The summed E-state index contributed by atoms with van der Waals surface area (Å²) in [5.74, 6) is 3.05. The molecule has 1 aliphatic heterocycles. The molecule has 0 spiro atoms. The van der Waals surface area contributed by atoms with Gasteiger partial charge in [-0.1, -0.05) is 18.2 Å². The molecular formula is C21H17F3N2O3. The third-order valence-electron chi connectivity index (χ3n) is 4.75. The summed E-state index contributed by atoms with van der Waals surface area (Å²) >= 11 is 0. The smallest absolute Gasteiger partial charge is 0.406 e. The number of alkyl halides is 3. The zero-order chi connectivity index (χ0) is 20.4. The molecule has 3 aromatic rings. The molecule has 2 heterocycles. The van der Waals surface area contributed by atoms with Gasteiger partial charge in [0, 0.05) is 0 Å². The standard InChI is InChI=1S/C21H17F3N2O3/c1-26-11-2-3-16(26)10-12-27-20-18-13-15(6-9-19(18)29-25-20)14-4-7-17(8-5-14)28-21(22,23)24/h4-9,13,16H,2-3,11H2,1H3. The average Bonchev–Trinajstić information content (AvgIpc) is 3.27. The molecule has 1 aliphatic rings. The van der Waals surface area contributed by atoms with Crippen LogP contribution in [-0.4, -0.2) is 36.1 Å². The average molecular weight is 402 g/mol. The second-order valence-electron chi connectivity index (χ2n) is 6.76. The molecule has 5 nitrogen and oxygen atoms in total. The highest BCUT2D eigenvalue weighted by Crippen LogP contribution is 2.31. The van der Waals surface area contributed by atoms with Crippen molar-refractivity contribution in [1.82, 2.24) is 10.1 Å². The molecule has 1 saturated heterocycles. The van der Waals surface area contributed by atoms with Crippen LogP contribution in [0.1, 0.15) is 12.8 Å². The van der Waals surface area contributed by atoms with Crippen LogP contribution in [0.2, 0.25) is 0 Å². The zero-order valence-electron chi connectivity index (χ0n) is 15.5. The van der Waals surface area contributed by atoms with Crippen LogP contribution in [0.25, 0.3) is 22.1 Å². The maximum atomic E-state index is 12.3. The summed E-state index contributed by atoms with van der Waals surface area (Å²) < 4.78 is 51.6. The van der Waals surface area contributed by atoms with Crippen LogP contribution in [0.5, 0.6) is 11.6 Å². The molecule has 4 rings (SSSR count). The zero-order valence-corrected chi connectivity index (χ0v) is 15.5. The van der Waals surface area contributed by atoms with Crippen LogP contribution in [-0.2, 0) is 0 Å². The summed E-state index contributed by atoms with van der Waals surface area (Å²) in [6, 6.07) is 11.1. The number of nitrogens with zero attached hydrogens (tertiary/aromatic N) is 2. The molecular weight excluding hydrogens is 385 g/mol. The number of hydrogen-bond donors (Lipinski definition) is 0. The lowest BCUT2D eigenvalue weighted by atomic mass is 10.0. The van der Waals surface area contributed by atoms with E-state index in [0.29, 0.717) is 16.5 Å². The van der Waals surface area contributed by atoms with E-state index in [9.17, 15) is 13.2 Å². The number of ether oxygens (including phenoxy) is 2. The van der Waals surface area contributed by atoms with Gasteiger partial charge in [0.25, 0.3) is 5.88 Å². The van der Waals surface area contributed by atoms with Crippen molar-refractivity contribution >= 4 is 11.0 Å². The second kappa shape index (κ2) is 7.68. The van der Waals surface area contributed by atoms with Crippen LogP contribution < -0.4 is 9.47 Å². The maximum absolute atomic E-state index is 12.3. The molecule has 0 bridgehead atoms. The summed E-state index contributed by atoms with van der Waals surface area (Å²) in [7, 11) is 2.02. The highest BCUT2D eigenvalue weighted by molar-refractivity contribution is 5.87. The lowest BCUT2D eigenvalue weighted by molar-refractivity contribution is -0.274. The van der Waals surface area contributed by atoms with Crippen LogP contribution >= 0.6 is 0 Å². The molecule has 0 aliphatic carbocycles. The normalized spacial score (nSPS) is 17.2. The molecule has 0 saturated carbocycles. The topological polar surface area (TPSA) is 47.7 Å². The minimum Gasteiger partial charge on any atom is -0.406 e. The first-order valence-electron chi connectivity index (χ1n) is 9.02. The van der Waals surface area contributed by atoms with E-state index >= 15 is 0 Å². The molecule has 0 radical (unpaired) electrons. The lowest BCUT2D eigenvalue weighted by Crippen LogP contribution is -2.23. The molecule has 0 amide bonds. The summed E-state index contributed by atoms with van der Waals surface area (Å²) in [5.41, 5.74) is 2.01. The summed E-state index contributed by atoms with van der Waals surface area (Å²) in [6.07, 6.45) is 0.0993. The van der Waals surface area contributed by atoms with E-state index in [1.54, 1.807) is 30.3 Å². The van der Waals surface area contributed by atoms with Crippen molar-refractivity contribution in [3.8, 4) is 34.8 Å². The Morgan fingerprint density at radius 1 is 1.14 bits per heavy atom. The minimum absolute atomic E-state index is 0.168. The summed E-state index contributed by atoms with van der Waals surface area (Å²) in [6.45, 7) is 1.02. The first-order chi connectivity index (χ1) is 13.9. The van der Waals surface area contributed by atoms with Gasteiger partial charge in [-0.2, -0.15) is 0 Å². The van der Waals surface area contributed by atoms with Crippen LogP contribution in [0.15, 0.2) is 47.0 Å². The van der Waals surface area contributed by atoms with Crippen LogP contribution in [0, 0.1) is 12.0 Å². The van der Waals surface area contributed by atoms with Gasteiger partial charge in [0.15, 0.2) is 5.58 Å². The van der Waals surface area contributed by atoms with E-state index < -0.39 is 6.36 Å². The van der Waals surface area contributed by atoms with Gasteiger partial charge >= 0.3 is 6.36 Å². The molecule has 29 heavy (non-hydrogen) atoms. The Bertz CT molecular complexity index is 1060. The van der Waals surface area contributed by atoms with Gasteiger partial charge in [-0.15, -0.1) is 13.2 Å². The lowest BCUT2D eigenvalue weighted by Gasteiger charge is -2.11. The number of benzene rings is 2. The number of likely N-dealkylation sites (tertiary alicyclic amines) is 1. The van der Waals surface area contributed by atoms with Crippen molar-refractivity contribution in [2.24, 2.45) is 0 Å². The van der Waals surface area contributed by atoms with Gasteiger partial charge in [0.05, 0.1) is 11.4 Å². The molecule has 1 atom stereocenters. The summed E-state index contributed by atoms with van der Waals surface area (Å²) in [4.78, 5) is 2.17. The van der Waals surface area contributed by atoms with Crippen molar-refractivity contribution in [1.29, 1.82) is 0 Å². The van der Waals surface area contributed by atoms with Gasteiger partial charge in [-0.25, -0.2) is 0 Å². The van der Waals surface area contributed by atoms with Gasteiger partial charge in [0.1, 0.15) is 11.9 Å². The third kappa shape index (κ3) is 4.46. The molecule has 150 valence electrons. The molecule has 8 heteroatoms. The Hall–Kier alpha value is -3.18. The quantitative estimate of drug-likeness (QED) is 0.588. The van der Waals surface area contributed by atoms with Gasteiger partial charge in [-0.3, -0.25) is 4.90 Å². The van der Waals surface area contributed by atoms with Crippen molar-refractivity contribution < 1.29 is 27.2 Å². The predicted molar refractivity (Wildman–Crippen MR) is 100 cm³/mol. The van der Waals surface area contributed by atoms with Gasteiger partial charge in [0.2, 0.25) is 0 Å². The van der Waals surface area contributed by atoms with Crippen molar-refractivity contribution in [3.05, 3.63) is 42.5 Å². The van der Waals surface area contributed by atoms with Gasteiger partial charge in [-0.05, 0) is 72.9 Å². The van der Waals surface area contributed by atoms with E-state index in [1.165, 1.54) is 12.1 Å². The number of fused-ring (bicyclic) bond motifs is 1. The third-order valence-corrected chi connectivity index (χ3v) is 4.75. The van der Waals surface area contributed by atoms with E-state index in [4.69, 9.17) is 9.26 Å². The van der Waals surface area contributed by atoms with Crippen molar-refractivity contribution in [2.45, 2.75) is 25.2 Å². The van der Waals surface area contributed by atoms with Crippen LogP contribution in [0.3, 0.4) is 0 Å². The van der Waals surface area contributed by atoms with Gasteiger partial charge < -0.3 is 14.0 Å². The minimum atomic E-state index is -4.72. The second-order valence-corrected chi connectivity index (χ2v) is 6.76. The molecule has 1 fully saturated rings. The van der Waals surface area contributed by atoms with E-state index in [0.717, 1.165) is 24.9 Å². The molecule has 2 aromatic carbocycles. The van der Waals surface area contributed by atoms with Crippen molar-refractivity contribution in [3.63, 3.8) is 0 Å². The molecule has 0 N–H and O–H groups in total. The number of rotatable bonds is 3. The van der Waals surface area contributed by atoms with Crippen molar-refractivity contribution in [2.75, 3.05) is 13.6 Å². The highest BCUT2D eigenvalue weighted by atomic mass is 19.4. The fourth-order valence-corrected chi connectivity index (χ4v) is 3.26. The fraction of sp³-hybridized carbons (Fsp3) is 0.286. The van der Waals surface area contributed by atoms with Crippen LogP contribution in [0.4, 0.5) is 13.2 Å². The van der Waals surface area contributed by atoms with E-state index in [-0.39, 0.29) is 17.7 Å². The Kier molecular flexibility index (Phi) is 5.07. The maximum Gasteiger partial charge on any atom is 0.573 e. The SMILES string of the molecule is CN1CCCC1C#COc1noc2ccc(-c3ccc(OC(F)(F)F)cc3)cc12. The predicted octanol–water partition coefficient (Wildman–Crippen LogP) is 4.83. The largest absolute Gasteiger partial charge is 0.573 e. The molecule has 1 aromatic heterocycles. The Morgan fingerprint density at radius 3 is 2.59 bits per heavy atom. The fourth-order valence-electron chi connectivity index (χ4n) is 3.26. The molecule has 1 unspecified atom stereocenters. The summed E-state index contributed by atoms with van der Waals surface area (Å²) in [5, 5.41) is 4.54. The Morgan fingerprint density at radius 2 is 1.90 bits per heavy atom. The number of halogens is 3. The number of aromatic nitrogens is 1. The Balaban J connectivity index is 1.54. The Labute approximate surface area is 165 Å². The van der Waals surface area contributed by atoms with E-state index in [2.05, 4.69) is 26.8 Å². The number of hydrogen-bond acceptors (Lipinski definition) is 5. The van der Waals surface area contributed by atoms with E-state index in [1.807, 2.05) is 7.05 Å². The first-order valence-corrected chi connectivity index (χ1v) is 9.02.